The van der Waals surface area contributed by atoms with Crippen LogP contribution in [0.4, 0.5) is 5.69 Å². The normalized spacial score (nSPS) is 14.8. The van der Waals surface area contributed by atoms with Crippen molar-refractivity contribution in [2.75, 3.05) is 44.7 Å². The molecule has 0 spiro atoms. The number of carbonyl (C=O) groups is 2. The van der Waals surface area contributed by atoms with Gasteiger partial charge in [0.05, 0.1) is 13.2 Å². The molecule has 0 aliphatic carbocycles. The second kappa shape index (κ2) is 8.54. The number of nitrogens with one attached hydrogen (secondary N) is 2. The molecule has 0 atom stereocenters. The summed E-state index contributed by atoms with van der Waals surface area (Å²) in [7, 11) is 0. The molecule has 1 aromatic carbocycles. The first-order valence-electron chi connectivity index (χ1n) is 8.41. The Bertz CT molecular complexity index is 753. The SMILES string of the molecule is Cc1nnc(-c2ccc(NC(=O)C(=O)NCCN3CCOCC3)cc2)o1. The summed E-state index contributed by atoms with van der Waals surface area (Å²) < 4.78 is 10.6. The highest BCUT2D eigenvalue weighted by atomic mass is 16.5. The van der Waals surface area contributed by atoms with E-state index in [0.29, 0.717) is 43.8 Å². The van der Waals surface area contributed by atoms with Crippen LogP contribution in [0, 0.1) is 6.92 Å². The molecular formula is C17H21N5O4. The molecular weight excluding hydrogens is 338 g/mol. The Morgan fingerprint density at radius 1 is 1.12 bits per heavy atom. The molecule has 9 nitrogen and oxygen atoms in total. The minimum atomic E-state index is -0.701. The molecule has 0 radical (unpaired) electrons. The van der Waals surface area contributed by atoms with Crippen molar-refractivity contribution in [1.29, 1.82) is 0 Å². The number of benzene rings is 1. The van der Waals surface area contributed by atoms with Crippen LogP contribution >= 0.6 is 0 Å². The molecule has 2 aromatic rings. The average Bonchev–Trinajstić information content (AvgIpc) is 3.09. The number of anilines is 1. The van der Waals surface area contributed by atoms with Crippen molar-refractivity contribution in [3.05, 3.63) is 30.2 Å². The van der Waals surface area contributed by atoms with Gasteiger partial charge in [0.15, 0.2) is 0 Å². The van der Waals surface area contributed by atoms with E-state index in [1.165, 1.54) is 0 Å². The van der Waals surface area contributed by atoms with Crippen LogP contribution in [0.1, 0.15) is 5.89 Å². The maximum atomic E-state index is 12.0. The zero-order valence-electron chi connectivity index (χ0n) is 14.5. The third-order valence-corrected chi connectivity index (χ3v) is 3.94. The summed E-state index contributed by atoms with van der Waals surface area (Å²) in [6, 6.07) is 6.82. The van der Waals surface area contributed by atoms with E-state index in [0.717, 1.165) is 18.7 Å². The zero-order valence-corrected chi connectivity index (χ0v) is 14.5. The topological polar surface area (TPSA) is 110 Å². The summed E-state index contributed by atoms with van der Waals surface area (Å²) in [5, 5.41) is 12.9. The monoisotopic (exact) mass is 359 g/mol. The Balaban J connectivity index is 1.45. The van der Waals surface area contributed by atoms with E-state index in [1.54, 1.807) is 31.2 Å². The highest BCUT2D eigenvalue weighted by molar-refractivity contribution is 6.39. The first kappa shape index (κ1) is 18.0. The van der Waals surface area contributed by atoms with Gasteiger partial charge in [-0.3, -0.25) is 14.5 Å². The number of amides is 2. The van der Waals surface area contributed by atoms with Crippen LogP contribution in [-0.4, -0.2) is 66.3 Å². The van der Waals surface area contributed by atoms with Gasteiger partial charge in [-0.15, -0.1) is 10.2 Å². The summed E-state index contributed by atoms with van der Waals surface area (Å²) >= 11 is 0. The molecule has 2 N–H and O–H groups in total. The van der Waals surface area contributed by atoms with Crippen LogP contribution in [0.15, 0.2) is 28.7 Å². The number of hydrogen-bond acceptors (Lipinski definition) is 7. The summed E-state index contributed by atoms with van der Waals surface area (Å²) in [4.78, 5) is 26.0. The van der Waals surface area contributed by atoms with E-state index in [1.807, 2.05) is 0 Å². The lowest BCUT2D eigenvalue weighted by atomic mass is 10.2. The fourth-order valence-electron chi connectivity index (χ4n) is 2.53. The molecule has 1 fully saturated rings. The Hall–Kier alpha value is -2.78. The number of carbonyl (C=O) groups excluding carboxylic acids is 2. The van der Waals surface area contributed by atoms with Gasteiger partial charge < -0.3 is 19.8 Å². The maximum absolute atomic E-state index is 12.0. The Morgan fingerprint density at radius 2 is 1.85 bits per heavy atom. The number of rotatable bonds is 5. The van der Waals surface area contributed by atoms with Gasteiger partial charge in [0.1, 0.15) is 0 Å². The molecule has 1 aliphatic rings. The highest BCUT2D eigenvalue weighted by Crippen LogP contribution is 2.19. The highest BCUT2D eigenvalue weighted by Gasteiger charge is 2.15. The van der Waals surface area contributed by atoms with Crippen LogP contribution in [-0.2, 0) is 14.3 Å². The van der Waals surface area contributed by atoms with Crippen molar-refractivity contribution in [3.8, 4) is 11.5 Å². The van der Waals surface area contributed by atoms with Gasteiger partial charge in [-0.1, -0.05) is 0 Å². The number of ether oxygens (including phenoxy) is 1. The standard InChI is InChI=1S/C17H21N5O4/c1-12-20-21-17(26-12)13-2-4-14(5-3-13)19-16(24)15(23)18-6-7-22-8-10-25-11-9-22/h2-5H,6-11H2,1H3,(H,18,23)(H,19,24). The average molecular weight is 359 g/mol. The van der Waals surface area contributed by atoms with Gasteiger partial charge in [0.2, 0.25) is 11.8 Å². The number of nitrogens with zero attached hydrogens (tertiary/aromatic N) is 3. The van der Waals surface area contributed by atoms with Gasteiger partial charge in [-0.05, 0) is 24.3 Å². The molecule has 3 rings (SSSR count). The molecule has 0 unspecified atom stereocenters. The Kier molecular flexibility index (Phi) is 5.92. The van der Waals surface area contributed by atoms with Gasteiger partial charge in [0, 0.05) is 44.4 Å². The third kappa shape index (κ3) is 4.87. The smallest absolute Gasteiger partial charge is 0.313 e. The van der Waals surface area contributed by atoms with Crippen LogP contribution in [0.5, 0.6) is 0 Å². The van der Waals surface area contributed by atoms with Crippen molar-refractivity contribution in [2.24, 2.45) is 0 Å². The van der Waals surface area contributed by atoms with E-state index in [2.05, 4.69) is 25.7 Å². The predicted molar refractivity (Wildman–Crippen MR) is 93.4 cm³/mol. The molecule has 0 bridgehead atoms. The zero-order chi connectivity index (χ0) is 18.4. The van der Waals surface area contributed by atoms with Gasteiger partial charge >= 0.3 is 11.8 Å². The Morgan fingerprint density at radius 3 is 2.50 bits per heavy atom. The van der Waals surface area contributed by atoms with E-state index in [4.69, 9.17) is 9.15 Å². The molecule has 138 valence electrons. The minimum absolute atomic E-state index is 0.404. The molecule has 26 heavy (non-hydrogen) atoms. The molecule has 2 heterocycles. The van der Waals surface area contributed by atoms with Crippen LogP contribution < -0.4 is 10.6 Å². The van der Waals surface area contributed by atoms with Crippen molar-refractivity contribution in [2.45, 2.75) is 6.92 Å². The van der Waals surface area contributed by atoms with E-state index < -0.39 is 11.8 Å². The quantitative estimate of drug-likeness (QED) is 0.745. The number of hydrogen-bond donors (Lipinski definition) is 2. The summed E-state index contributed by atoms with van der Waals surface area (Å²) in [6.07, 6.45) is 0. The first-order valence-corrected chi connectivity index (χ1v) is 8.41. The Labute approximate surface area is 150 Å². The molecule has 1 saturated heterocycles. The summed E-state index contributed by atoms with van der Waals surface area (Å²) in [5.74, 6) is -0.476. The van der Waals surface area contributed by atoms with Crippen molar-refractivity contribution < 1.29 is 18.7 Å². The fraction of sp³-hybridized carbons (Fsp3) is 0.412. The lowest BCUT2D eigenvalue weighted by Crippen LogP contribution is -2.43. The van der Waals surface area contributed by atoms with Crippen LogP contribution in [0.25, 0.3) is 11.5 Å². The fourth-order valence-corrected chi connectivity index (χ4v) is 2.53. The molecule has 2 amide bonds. The van der Waals surface area contributed by atoms with Crippen LogP contribution in [0.2, 0.25) is 0 Å². The largest absolute Gasteiger partial charge is 0.421 e. The lowest BCUT2D eigenvalue weighted by Gasteiger charge is -2.26. The van der Waals surface area contributed by atoms with Gasteiger partial charge in [0.25, 0.3) is 0 Å². The molecule has 0 saturated carbocycles. The van der Waals surface area contributed by atoms with E-state index in [-0.39, 0.29) is 0 Å². The summed E-state index contributed by atoms with van der Waals surface area (Å²) in [5.41, 5.74) is 1.25. The second-order valence-corrected chi connectivity index (χ2v) is 5.87. The van der Waals surface area contributed by atoms with Crippen molar-refractivity contribution >= 4 is 17.5 Å². The summed E-state index contributed by atoms with van der Waals surface area (Å²) in [6.45, 7) is 5.91. The van der Waals surface area contributed by atoms with Crippen LogP contribution in [0.3, 0.4) is 0 Å². The first-order chi connectivity index (χ1) is 12.6. The predicted octanol–water partition coefficient (Wildman–Crippen LogP) is 0.432. The van der Waals surface area contributed by atoms with Crippen molar-refractivity contribution in [1.82, 2.24) is 20.4 Å². The number of aromatic nitrogens is 2. The maximum Gasteiger partial charge on any atom is 0.313 e. The second-order valence-electron chi connectivity index (χ2n) is 5.87. The third-order valence-electron chi connectivity index (χ3n) is 3.94. The van der Waals surface area contributed by atoms with E-state index in [9.17, 15) is 9.59 Å². The molecule has 1 aliphatic heterocycles. The molecule has 1 aromatic heterocycles. The van der Waals surface area contributed by atoms with Gasteiger partial charge in [-0.2, -0.15) is 0 Å². The minimum Gasteiger partial charge on any atom is -0.421 e. The van der Waals surface area contributed by atoms with E-state index >= 15 is 0 Å². The molecule has 9 heteroatoms. The van der Waals surface area contributed by atoms with Crippen molar-refractivity contribution in [3.63, 3.8) is 0 Å². The number of morpholine rings is 1. The van der Waals surface area contributed by atoms with Gasteiger partial charge in [-0.25, -0.2) is 0 Å². The number of aryl methyl sites for hydroxylation is 1. The lowest BCUT2D eigenvalue weighted by molar-refractivity contribution is -0.136.